The van der Waals surface area contributed by atoms with Crippen molar-refractivity contribution in [2.45, 2.75) is 31.8 Å². The third kappa shape index (κ3) is 5.50. The Morgan fingerprint density at radius 2 is 2.20 bits per heavy atom. The van der Waals surface area contributed by atoms with Crippen LogP contribution in [0.1, 0.15) is 30.0 Å². The minimum absolute atomic E-state index is 0.184. The second-order valence-electron chi connectivity index (χ2n) is 8.24. The van der Waals surface area contributed by atoms with Gasteiger partial charge in [0.25, 0.3) is 0 Å². The van der Waals surface area contributed by atoms with Gasteiger partial charge >= 0.3 is 0 Å². The van der Waals surface area contributed by atoms with Gasteiger partial charge in [-0.15, -0.1) is 0 Å². The van der Waals surface area contributed by atoms with Gasteiger partial charge in [0.2, 0.25) is 0 Å². The average Bonchev–Trinajstić information content (AvgIpc) is 3.13. The molecule has 0 bridgehead atoms. The summed E-state index contributed by atoms with van der Waals surface area (Å²) >= 11 is 0. The lowest BCUT2D eigenvalue weighted by Crippen LogP contribution is -2.52. The number of guanidine groups is 1. The van der Waals surface area contributed by atoms with E-state index in [1.54, 1.807) is 19.2 Å². The molecule has 30 heavy (non-hydrogen) atoms. The van der Waals surface area contributed by atoms with Crippen molar-refractivity contribution in [2.75, 3.05) is 45.7 Å². The largest absolute Gasteiger partial charge is 0.369 e. The number of anilines is 1. The van der Waals surface area contributed by atoms with Crippen LogP contribution in [0.2, 0.25) is 0 Å². The fourth-order valence-corrected chi connectivity index (χ4v) is 4.08. The van der Waals surface area contributed by atoms with Crippen molar-refractivity contribution in [1.82, 2.24) is 25.3 Å². The lowest BCUT2D eigenvalue weighted by atomic mass is 10.0. The van der Waals surface area contributed by atoms with Gasteiger partial charge in [0.1, 0.15) is 5.82 Å². The van der Waals surface area contributed by atoms with Gasteiger partial charge in [0.15, 0.2) is 5.96 Å². The predicted octanol–water partition coefficient (Wildman–Crippen LogP) is 2.30. The first-order valence-corrected chi connectivity index (χ1v) is 10.5. The predicted molar refractivity (Wildman–Crippen MR) is 121 cm³/mol. The summed E-state index contributed by atoms with van der Waals surface area (Å²) in [5.74, 6) is 0.616. The highest BCUT2D eigenvalue weighted by atomic mass is 19.1. The number of nitrogens with zero attached hydrogens (tertiary/aromatic N) is 5. The number of halogens is 1. The molecular weight excluding hydrogens is 381 g/mol. The Bertz CT molecular complexity index is 861. The topological polar surface area (TPSA) is 60.7 Å². The van der Waals surface area contributed by atoms with Crippen LogP contribution in [0.3, 0.4) is 0 Å². The molecule has 3 rings (SSSR count). The van der Waals surface area contributed by atoms with Crippen molar-refractivity contribution in [3.63, 3.8) is 0 Å². The first kappa shape index (κ1) is 22.1. The van der Waals surface area contributed by atoms with Crippen LogP contribution in [-0.2, 0) is 7.05 Å². The number of likely N-dealkylation sites (N-methyl/N-ethyl adjacent to an activating group) is 1. The van der Waals surface area contributed by atoms with E-state index in [9.17, 15) is 4.39 Å². The van der Waals surface area contributed by atoms with Crippen molar-refractivity contribution >= 4 is 11.6 Å². The summed E-state index contributed by atoms with van der Waals surface area (Å²) in [5, 5.41) is 11.3. The van der Waals surface area contributed by atoms with E-state index in [0.29, 0.717) is 0 Å². The first-order chi connectivity index (χ1) is 14.4. The van der Waals surface area contributed by atoms with Crippen LogP contribution >= 0.6 is 0 Å². The summed E-state index contributed by atoms with van der Waals surface area (Å²) in [6.45, 7) is 4.55. The molecule has 2 heterocycles. The molecule has 1 saturated heterocycles. The lowest BCUT2D eigenvalue weighted by Gasteiger charge is -2.36. The van der Waals surface area contributed by atoms with E-state index in [4.69, 9.17) is 0 Å². The summed E-state index contributed by atoms with van der Waals surface area (Å²) in [4.78, 5) is 8.94. The Kier molecular flexibility index (Phi) is 7.31. The van der Waals surface area contributed by atoms with Crippen molar-refractivity contribution in [1.29, 1.82) is 0 Å². The first-order valence-electron chi connectivity index (χ1n) is 10.5. The van der Waals surface area contributed by atoms with Gasteiger partial charge in [-0.3, -0.25) is 9.67 Å². The fourth-order valence-electron chi connectivity index (χ4n) is 4.08. The monoisotopic (exact) mass is 415 g/mol. The Balaban J connectivity index is 1.59. The van der Waals surface area contributed by atoms with Crippen molar-refractivity contribution in [3.05, 3.63) is 47.5 Å². The molecule has 1 fully saturated rings. The molecule has 2 aromatic rings. The lowest BCUT2D eigenvalue weighted by molar-refractivity contribution is 0.297. The molecule has 1 aromatic heterocycles. The maximum absolute atomic E-state index is 13.5. The molecule has 2 atom stereocenters. The number of aliphatic imine (C=N–C) groups is 1. The zero-order chi connectivity index (χ0) is 21.7. The number of benzene rings is 1. The molecule has 0 amide bonds. The number of aromatic nitrogens is 2. The minimum atomic E-state index is -0.184. The number of hydrogen-bond acceptors (Lipinski definition) is 4. The molecule has 8 heteroatoms. The molecule has 2 N–H and O–H groups in total. The summed E-state index contributed by atoms with van der Waals surface area (Å²) < 4.78 is 15.3. The second-order valence-corrected chi connectivity index (χ2v) is 8.24. The molecule has 0 spiro atoms. The maximum atomic E-state index is 13.5. The summed E-state index contributed by atoms with van der Waals surface area (Å²) in [6.07, 6.45) is 6.12. The van der Waals surface area contributed by atoms with Gasteiger partial charge < -0.3 is 20.4 Å². The Morgan fingerprint density at radius 3 is 2.83 bits per heavy atom. The van der Waals surface area contributed by atoms with E-state index >= 15 is 0 Å². The normalized spacial score (nSPS) is 18.6. The highest BCUT2D eigenvalue weighted by Gasteiger charge is 2.23. The summed E-state index contributed by atoms with van der Waals surface area (Å²) in [5.41, 5.74) is 3.25. The van der Waals surface area contributed by atoms with Crippen LogP contribution < -0.4 is 15.5 Å². The Labute approximate surface area is 179 Å². The molecule has 1 aromatic carbocycles. The van der Waals surface area contributed by atoms with Gasteiger partial charge in [-0.2, -0.15) is 5.10 Å². The molecule has 0 saturated carbocycles. The standard InChI is InChI=1S/C22H34FN7/c1-16-11-18(23)8-9-20(16)30-10-6-7-19(15-30)27-22(24-2)25-13-21(28(3)4)17-12-26-29(5)14-17/h8-9,11-12,14,19,21H,6-7,10,13,15H2,1-5H3,(H2,24,25,27). The van der Waals surface area contributed by atoms with Gasteiger partial charge in [-0.25, -0.2) is 4.39 Å². The second kappa shape index (κ2) is 9.93. The molecule has 7 nitrogen and oxygen atoms in total. The van der Waals surface area contributed by atoms with Crippen LogP contribution in [0.15, 0.2) is 35.6 Å². The fraction of sp³-hybridized carbons (Fsp3) is 0.545. The van der Waals surface area contributed by atoms with E-state index in [1.165, 1.54) is 5.56 Å². The quantitative estimate of drug-likeness (QED) is 0.560. The molecule has 0 radical (unpaired) electrons. The molecule has 1 aliphatic heterocycles. The summed E-state index contributed by atoms with van der Waals surface area (Å²) in [6, 6.07) is 5.51. The number of nitrogens with one attached hydrogen (secondary N) is 2. The number of rotatable bonds is 6. The van der Waals surface area contributed by atoms with Gasteiger partial charge in [-0.05, 0) is 57.6 Å². The van der Waals surface area contributed by atoms with E-state index in [0.717, 1.165) is 49.7 Å². The number of piperidine rings is 1. The van der Waals surface area contributed by atoms with Crippen LogP contribution in [0.4, 0.5) is 10.1 Å². The van der Waals surface area contributed by atoms with Crippen molar-refractivity contribution in [3.8, 4) is 0 Å². The van der Waals surface area contributed by atoms with E-state index in [1.807, 2.05) is 37.1 Å². The van der Waals surface area contributed by atoms with Gasteiger partial charge in [0, 0.05) is 57.2 Å². The van der Waals surface area contributed by atoms with Gasteiger partial charge in [-0.1, -0.05) is 0 Å². The smallest absolute Gasteiger partial charge is 0.191 e. The van der Waals surface area contributed by atoms with Crippen LogP contribution in [0, 0.1) is 12.7 Å². The average molecular weight is 416 g/mol. The molecule has 1 aliphatic rings. The molecule has 2 unspecified atom stereocenters. The zero-order valence-corrected chi connectivity index (χ0v) is 18.7. The molecule has 164 valence electrons. The third-order valence-electron chi connectivity index (χ3n) is 5.68. The Morgan fingerprint density at radius 1 is 1.40 bits per heavy atom. The SMILES string of the molecule is CN=C(NCC(c1cnn(C)c1)N(C)C)NC1CCCN(c2ccc(F)cc2C)C1. The Hall–Kier alpha value is -2.61. The van der Waals surface area contributed by atoms with Crippen LogP contribution in [0.25, 0.3) is 0 Å². The van der Waals surface area contributed by atoms with E-state index in [2.05, 4.69) is 44.6 Å². The number of aryl methyl sites for hydroxylation is 2. The highest BCUT2D eigenvalue weighted by molar-refractivity contribution is 5.80. The van der Waals surface area contributed by atoms with E-state index < -0.39 is 0 Å². The van der Waals surface area contributed by atoms with Crippen LogP contribution in [0.5, 0.6) is 0 Å². The van der Waals surface area contributed by atoms with Gasteiger partial charge in [0.05, 0.1) is 12.2 Å². The highest BCUT2D eigenvalue weighted by Crippen LogP contribution is 2.24. The van der Waals surface area contributed by atoms with Crippen LogP contribution in [-0.4, -0.2) is 67.5 Å². The van der Waals surface area contributed by atoms with Crippen molar-refractivity contribution < 1.29 is 4.39 Å². The van der Waals surface area contributed by atoms with E-state index in [-0.39, 0.29) is 17.9 Å². The third-order valence-corrected chi connectivity index (χ3v) is 5.68. The minimum Gasteiger partial charge on any atom is -0.369 e. The molecular formula is C22H34FN7. The molecule has 0 aliphatic carbocycles. The zero-order valence-electron chi connectivity index (χ0n) is 18.7. The number of hydrogen-bond donors (Lipinski definition) is 2. The van der Waals surface area contributed by atoms with Crippen molar-refractivity contribution in [2.24, 2.45) is 12.0 Å². The summed E-state index contributed by atoms with van der Waals surface area (Å²) in [7, 11) is 7.87. The maximum Gasteiger partial charge on any atom is 0.191 e.